The van der Waals surface area contributed by atoms with Crippen LogP contribution in [0.3, 0.4) is 0 Å². The number of aromatic nitrogens is 2. The lowest BCUT2D eigenvalue weighted by Gasteiger charge is -2.37. The van der Waals surface area contributed by atoms with Crippen LogP contribution >= 0.6 is 23.6 Å². The Labute approximate surface area is 196 Å². The van der Waals surface area contributed by atoms with Crippen LogP contribution in [-0.4, -0.2) is 39.4 Å². The van der Waals surface area contributed by atoms with Crippen molar-refractivity contribution in [3.63, 3.8) is 0 Å². The van der Waals surface area contributed by atoms with E-state index in [0.717, 1.165) is 28.1 Å². The molecule has 1 aromatic carbocycles. The Bertz CT molecular complexity index is 1110. The molecule has 0 saturated carbocycles. The van der Waals surface area contributed by atoms with Crippen molar-refractivity contribution >= 4 is 34.2 Å². The molecule has 6 nitrogen and oxygen atoms in total. The molecule has 1 atom stereocenters. The summed E-state index contributed by atoms with van der Waals surface area (Å²) in [6.07, 6.45) is 0.986. The van der Waals surface area contributed by atoms with E-state index in [9.17, 15) is 4.39 Å². The summed E-state index contributed by atoms with van der Waals surface area (Å²) < 4.78 is 25.4. The van der Waals surface area contributed by atoms with Crippen molar-refractivity contribution in [2.24, 2.45) is 0 Å². The summed E-state index contributed by atoms with van der Waals surface area (Å²) in [6, 6.07) is 9.94. The molecule has 1 N–H and O–H groups in total. The van der Waals surface area contributed by atoms with Gasteiger partial charge < -0.3 is 19.5 Å². The normalized spacial score (nSPS) is 16.7. The second kappa shape index (κ2) is 9.89. The third-order valence-corrected chi connectivity index (χ3v) is 6.36. The quantitative estimate of drug-likeness (QED) is 0.347. The Morgan fingerprint density at radius 2 is 2.16 bits per heavy atom. The maximum Gasteiger partial charge on any atom is 0.258 e. The largest absolute Gasteiger partial charge is 0.379 e. The minimum atomic E-state index is -0.405. The summed E-state index contributed by atoms with van der Waals surface area (Å²) in [6.45, 7) is 7.32. The summed E-state index contributed by atoms with van der Waals surface area (Å²) in [5.74, 6) is 0.599. The van der Waals surface area contributed by atoms with Gasteiger partial charge in [-0.15, -0.1) is 11.3 Å². The number of rotatable bonds is 8. The molecular weight excluding hydrogens is 447 g/mol. The molecule has 9 heteroatoms. The van der Waals surface area contributed by atoms with Crippen LogP contribution in [0.5, 0.6) is 0 Å². The zero-order valence-corrected chi connectivity index (χ0v) is 19.8. The predicted molar refractivity (Wildman–Crippen MR) is 127 cm³/mol. The number of allylic oxidation sites excluding steroid dienone is 1. The van der Waals surface area contributed by atoms with Crippen LogP contribution in [0.25, 0.3) is 16.3 Å². The number of hydrogen-bond acceptors (Lipinski definition) is 6. The highest BCUT2D eigenvalue weighted by Crippen LogP contribution is 2.37. The average molecular weight is 473 g/mol. The Hall–Kier alpha value is -2.62. The van der Waals surface area contributed by atoms with Crippen molar-refractivity contribution in [3.8, 4) is 10.7 Å². The number of nitrogens with one attached hydrogen (secondary N) is 1. The molecule has 0 fully saturated rings. The molecule has 3 aromatic rings. The smallest absolute Gasteiger partial charge is 0.258 e. The van der Waals surface area contributed by atoms with E-state index in [-0.39, 0.29) is 11.9 Å². The number of halogens is 1. The van der Waals surface area contributed by atoms with E-state index in [1.807, 2.05) is 49.3 Å². The van der Waals surface area contributed by atoms with Crippen LogP contribution in [0, 0.1) is 5.82 Å². The van der Waals surface area contributed by atoms with E-state index in [1.165, 1.54) is 12.1 Å². The van der Waals surface area contributed by atoms with Gasteiger partial charge in [0.25, 0.3) is 5.89 Å². The van der Waals surface area contributed by atoms with Crippen molar-refractivity contribution < 1.29 is 13.7 Å². The van der Waals surface area contributed by atoms with Gasteiger partial charge in [-0.05, 0) is 68.6 Å². The standard InChI is InChI=1S/C23H25FN4O2S2/c1-14(2)29-11-6-10-28-15(3)19(22-26-21(27-30-22)18-9-5-12-32-18)20(25-23(28)31)16-7-4-8-17(24)13-16/h4-5,7-9,12-14,20H,6,10-11H2,1-3H3,(H,25,31). The molecule has 32 heavy (non-hydrogen) atoms. The number of thiocarbonyl (C=S) groups is 1. The van der Waals surface area contributed by atoms with Gasteiger partial charge in [0.2, 0.25) is 5.82 Å². The third kappa shape index (κ3) is 4.90. The average Bonchev–Trinajstić information content (AvgIpc) is 3.44. The molecular formula is C23H25FN4O2S2. The second-order valence-corrected chi connectivity index (χ2v) is 9.10. The highest BCUT2D eigenvalue weighted by molar-refractivity contribution is 7.80. The molecule has 0 spiro atoms. The van der Waals surface area contributed by atoms with Crippen LogP contribution in [0.4, 0.5) is 4.39 Å². The molecule has 0 saturated heterocycles. The molecule has 0 bridgehead atoms. The van der Waals surface area contributed by atoms with Crippen molar-refractivity contribution in [2.75, 3.05) is 13.2 Å². The van der Waals surface area contributed by atoms with Gasteiger partial charge in [0.1, 0.15) is 5.82 Å². The highest BCUT2D eigenvalue weighted by atomic mass is 32.1. The van der Waals surface area contributed by atoms with Crippen LogP contribution in [0.15, 0.2) is 52.0 Å². The fourth-order valence-corrected chi connectivity index (χ4v) is 4.64. The van der Waals surface area contributed by atoms with Crippen LogP contribution in [0.1, 0.15) is 44.7 Å². The van der Waals surface area contributed by atoms with Crippen LogP contribution < -0.4 is 5.32 Å². The monoisotopic (exact) mass is 472 g/mol. The lowest BCUT2D eigenvalue weighted by atomic mass is 9.94. The predicted octanol–water partition coefficient (Wildman–Crippen LogP) is 5.41. The van der Waals surface area contributed by atoms with E-state index in [0.29, 0.717) is 30.0 Å². The Balaban J connectivity index is 1.70. The molecule has 1 aliphatic heterocycles. The van der Waals surface area contributed by atoms with Gasteiger partial charge >= 0.3 is 0 Å². The molecule has 0 radical (unpaired) electrons. The lowest BCUT2D eigenvalue weighted by Crippen LogP contribution is -2.46. The first kappa shape index (κ1) is 22.6. The van der Waals surface area contributed by atoms with Gasteiger partial charge in [0, 0.05) is 18.8 Å². The third-order valence-electron chi connectivity index (χ3n) is 5.15. The van der Waals surface area contributed by atoms with E-state index in [1.54, 1.807) is 17.4 Å². The highest BCUT2D eigenvalue weighted by Gasteiger charge is 2.34. The minimum absolute atomic E-state index is 0.181. The van der Waals surface area contributed by atoms with Gasteiger partial charge in [-0.1, -0.05) is 23.4 Å². The van der Waals surface area contributed by atoms with Gasteiger partial charge in [0.15, 0.2) is 5.11 Å². The summed E-state index contributed by atoms with van der Waals surface area (Å²) in [7, 11) is 0. The van der Waals surface area contributed by atoms with E-state index in [2.05, 4.69) is 15.5 Å². The van der Waals surface area contributed by atoms with Gasteiger partial charge in [-0.3, -0.25) is 0 Å². The zero-order chi connectivity index (χ0) is 22.7. The number of nitrogens with zero attached hydrogens (tertiary/aromatic N) is 3. The van der Waals surface area contributed by atoms with Crippen molar-refractivity contribution in [1.29, 1.82) is 0 Å². The van der Waals surface area contributed by atoms with Crippen LogP contribution in [0.2, 0.25) is 0 Å². The molecule has 0 amide bonds. The molecule has 2 aromatic heterocycles. The lowest BCUT2D eigenvalue weighted by molar-refractivity contribution is 0.0749. The maximum absolute atomic E-state index is 14.0. The van der Waals surface area contributed by atoms with Gasteiger partial charge in [-0.25, -0.2) is 4.39 Å². The number of thiophene rings is 1. The molecule has 1 aliphatic rings. The van der Waals surface area contributed by atoms with Crippen molar-refractivity contribution in [2.45, 2.75) is 39.3 Å². The summed E-state index contributed by atoms with van der Waals surface area (Å²) in [4.78, 5) is 7.58. The van der Waals surface area contributed by atoms with Crippen molar-refractivity contribution in [3.05, 3.63) is 64.7 Å². The molecule has 3 heterocycles. The van der Waals surface area contributed by atoms with Crippen LogP contribution in [-0.2, 0) is 4.74 Å². The molecule has 1 unspecified atom stereocenters. The first-order chi connectivity index (χ1) is 15.4. The van der Waals surface area contributed by atoms with E-state index >= 15 is 0 Å². The summed E-state index contributed by atoms with van der Waals surface area (Å²) in [5, 5.41) is 10.1. The first-order valence-corrected chi connectivity index (χ1v) is 11.8. The van der Waals surface area contributed by atoms with Gasteiger partial charge in [-0.2, -0.15) is 4.98 Å². The number of benzene rings is 1. The molecule has 0 aliphatic carbocycles. The zero-order valence-electron chi connectivity index (χ0n) is 18.2. The van der Waals surface area contributed by atoms with Gasteiger partial charge in [0.05, 0.1) is 22.6 Å². The fraction of sp³-hybridized carbons (Fsp3) is 0.348. The topological polar surface area (TPSA) is 63.4 Å². The fourth-order valence-electron chi connectivity index (χ4n) is 3.64. The number of hydrogen-bond donors (Lipinski definition) is 1. The first-order valence-electron chi connectivity index (χ1n) is 10.5. The summed E-state index contributed by atoms with van der Waals surface area (Å²) in [5.41, 5.74) is 2.42. The van der Waals surface area contributed by atoms with Crippen molar-refractivity contribution in [1.82, 2.24) is 20.4 Å². The Morgan fingerprint density at radius 1 is 1.31 bits per heavy atom. The molecule has 168 valence electrons. The van der Waals surface area contributed by atoms with E-state index in [4.69, 9.17) is 21.5 Å². The number of ether oxygens (including phenoxy) is 1. The second-order valence-electron chi connectivity index (χ2n) is 7.76. The SMILES string of the molecule is CC1=C(c2nc(-c3cccs3)no2)C(c2cccc(F)c2)NC(=S)N1CCCOC(C)C. The Morgan fingerprint density at radius 3 is 2.88 bits per heavy atom. The Kier molecular flexibility index (Phi) is 6.98. The van der Waals surface area contributed by atoms with E-state index < -0.39 is 6.04 Å². The molecule has 4 rings (SSSR count). The maximum atomic E-state index is 14.0. The summed E-state index contributed by atoms with van der Waals surface area (Å²) >= 11 is 7.21. The minimum Gasteiger partial charge on any atom is -0.379 e.